The highest BCUT2D eigenvalue weighted by molar-refractivity contribution is 7.89. The molecule has 128 valence electrons. The minimum Gasteiger partial charge on any atom is -0.379 e. The van der Waals surface area contributed by atoms with Crippen LogP contribution in [-0.4, -0.2) is 81.9 Å². The Morgan fingerprint density at radius 2 is 2.05 bits per heavy atom. The number of hydrogen-bond acceptors (Lipinski definition) is 5. The van der Waals surface area contributed by atoms with Gasteiger partial charge in [0.2, 0.25) is 10.0 Å². The minimum absolute atomic E-state index is 0.239. The largest absolute Gasteiger partial charge is 0.379 e. The lowest BCUT2D eigenvalue weighted by molar-refractivity contribution is 0.0716. The second-order valence-corrected chi connectivity index (χ2v) is 9.51. The molecule has 3 aliphatic rings. The Morgan fingerprint density at radius 1 is 1.27 bits per heavy atom. The van der Waals surface area contributed by atoms with Gasteiger partial charge in [0, 0.05) is 32.7 Å². The Kier molecular flexibility index (Phi) is 5.09. The average Bonchev–Trinajstić information content (AvgIpc) is 2.94. The highest BCUT2D eigenvalue weighted by Gasteiger charge is 2.38. The van der Waals surface area contributed by atoms with Crippen LogP contribution in [0.25, 0.3) is 0 Å². The maximum atomic E-state index is 12.8. The van der Waals surface area contributed by atoms with E-state index < -0.39 is 10.0 Å². The van der Waals surface area contributed by atoms with Gasteiger partial charge in [-0.1, -0.05) is 6.92 Å². The summed E-state index contributed by atoms with van der Waals surface area (Å²) in [5.41, 5.74) is 0.296. The van der Waals surface area contributed by atoms with E-state index in [0.717, 1.165) is 39.0 Å². The molecule has 0 radical (unpaired) electrons. The van der Waals surface area contributed by atoms with E-state index in [1.54, 1.807) is 4.31 Å². The number of morpholine rings is 1. The Morgan fingerprint density at radius 3 is 2.73 bits per heavy atom. The van der Waals surface area contributed by atoms with E-state index in [1.165, 1.54) is 6.42 Å². The topological polar surface area (TPSA) is 61.9 Å². The number of hydrogen-bond donors (Lipinski definition) is 1. The Bertz CT molecular complexity index is 470. The number of likely N-dealkylation sites (tertiary alicyclic amines) is 1. The summed E-state index contributed by atoms with van der Waals surface area (Å²) >= 11 is 0. The van der Waals surface area contributed by atoms with Crippen molar-refractivity contribution in [3.63, 3.8) is 0 Å². The third-order valence-electron chi connectivity index (χ3n) is 5.28. The van der Waals surface area contributed by atoms with Gasteiger partial charge >= 0.3 is 0 Å². The van der Waals surface area contributed by atoms with E-state index in [9.17, 15) is 8.42 Å². The summed E-state index contributed by atoms with van der Waals surface area (Å²) in [4.78, 5) is 2.37. The van der Waals surface area contributed by atoms with Gasteiger partial charge in [0.25, 0.3) is 0 Å². The molecule has 2 unspecified atom stereocenters. The number of rotatable bonds is 4. The van der Waals surface area contributed by atoms with E-state index in [2.05, 4.69) is 17.1 Å². The molecule has 7 heteroatoms. The van der Waals surface area contributed by atoms with Gasteiger partial charge in [0.05, 0.1) is 18.5 Å². The fourth-order valence-corrected chi connectivity index (χ4v) is 5.90. The molecule has 0 spiro atoms. The van der Waals surface area contributed by atoms with E-state index in [1.807, 2.05) is 0 Å². The van der Waals surface area contributed by atoms with Gasteiger partial charge in [-0.05, 0) is 37.8 Å². The number of ether oxygens (including phenoxy) is 1. The molecule has 3 rings (SSSR count). The summed E-state index contributed by atoms with van der Waals surface area (Å²) in [6.45, 7) is 9.26. The Hall–Kier alpha value is -0.210. The molecular weight excluding hydrogens is 302 g/mol. The van der Waals surface area contributed by atoms with Gasteiger partial charge in [-0.3, -0.25) is 0 Å². The maximum Gasteiger partial charge on any atom is 0.218 e. The van der Waals surface area contributed by atoms with Crippen LogP contribution in [0.4, 0.5) is 0 Å². The molecule has 22 heavy (non-hydrogen) atoms. The van der Waals surface area contributed by atoms with E-state index in [4.69, 9.17) is 4.74 Å². The zero-order valence-corrected chi connectivity index (χ0v) is 14.4. The Balaban J connectivity index is 1.62. The van der Waals surface area contributed by atoms with Crippen LogP contribution >= 0.6 is 0 Å². The first-order chi connectivity index (χ1) is 10.5. The standard InChI is InChI=1S/C15H29N3O3S/c1-15(4-5-16-12-15)13-17-6-2-3-14(11-17)22(19,20)18-7-9-21-10-8-18/h14,16H,2-13H2,1H3. The van der Waals surface area contributed by atoms with Crippen LogP contribution in [-0.2, 0) is 14.8 Å². The van der Waals surface area contributed by atoms with Crippen LogP contribution in [0.15, 0.2) is 0 Å². The quantitative estimate of drug-likeness (QED) is 0.792. The van der Waals surface area contributed by atoms with Crippen LogP contribution in [0, 0.1) is 5.41 Å². The van der Waals surface area contributed by atoms with Crippen molar-refractivity contribution in [3.05, 3.63) is 0 Å². The molecule has 2 atom stereocenters. The molecule has 3 aliphatic heterocycles. The van der Waals surface area contributed by atoms with E-state index >= 15 is 0 Å². The van der Waals surface area contributed by atoms with Crippen LogP contribution in [0.5, 0.6) is 0 Å². The van der Waals surface area contributed by atoms with Crippen molar-refractivity contribution < 1.29 is 13.2 Å². The highest BCUT2D eigenvalue weighted by atomic mass is 32.2. The zero-order chi connectivity index (χ0) is 15.6. The molecule has 0 aromatic heterocycles. The van der Waals surface area contributed by atoms with Crippen molar-refractivity contribution in [1.82, 2.24) is 14.5 Å². The summed E-state index contributed by atoms with van der Waals surface area (Å²) < 4.78 is 32.6. The fourth-order valence-electron chi connectivity index (χ4n) is 3.96. The van der Waals surface area contributed by atoms with Crippen molar-refractivity contribution in [3.8, 4) is 0 Å². The first kappa shape index (κ1) is 16.6. The smallest absolute Gasteiger partial charge is 0.218 e. The predicted molar refractivity (Wildman–Crippen MR) is 86.4 cm³/mol. The third kappa shape index (κ3) is 3.64. The second-order valence-electron chi connectivity index (χ2n) is 7.29. The number of nitrogens with one attached hydrogen (secondary N) is 1. The molecule has 6 nitrogen and oxygen atoms in total. The average molecular weight is 331 g/mol. The predicted octanol–water partition coefficient (Wildman–Crippen LogP) is 0.112. The molecule has 0 aliphatic carbocycles. The lowest BCUT2D eigenvalue weighted by Gasteiger charge is -2.39. The highest BCUT2D eigenvalue weighted by Crippen LogP contribution is 2.28. The molecule has 0 aromatic carbocycles. The molecule has 0 bridgehead atoms. The van der Waals surface area contributed by atoms with Crippen LogP contribution in [0.2, 0.25) is 0 Å². The van der Waals surface area contributed by atoms with E-state index in [0.29, 0.717) is 38.3 Å². The van der Waals surface area contributed by atoms with Crippen molar-refractivity contribution in [2.45, 2.75) is 31.4 Å². The van der Waals surface area contributed by atoms with Gasteiger partial charge in [-0.15, -0.1) is 0 Å². The van der Waals surface area contributed by atoms with Gasteiger partial charge in [-0.2, -0.15) is 4.31 Å². The molecule has 3 heterocycles. The summed E-state index contributed by atoms with van der Waals surface area (Å²) in [6.07, 6.45) is 2.97. The van der Waals surface area contributed by atoms with Gasteiger partial charge in [0.1, 0.15) is 0 Å². The first-order valence-corrected chi connectivity index (χ1v) is 10.00. The SMILES string of the molecule is CC1(CN2CCCC(S(=O)(=O)N3CCOCC3)C2)CCNC1. The van der Waals surface area contributed by atoms with Gasteiger partial charge < -0.3 is 15.0 Å². The molecule has 0 aromatic rings. The summed E-state index contributed by atoms with van der Waals surface area (Å²) in [5.74, 6) is 0. The van der Waals surface area contributed by atoms with Crippen LogP contribution in [0.1, 0.15) is 26.2 Å². The summed E-state index contributed by atoms with van der Waals surface area (Å²) in [5, 5.41) is 3.19. The summed E-state index contributed by atoms with van der Waals surface area (Å²) in [6, 6.07) is 0. The molecule has 0 saturated carbocycles. The molecular formula is C15H29N3O3S. The van der Waals surface area contributed by atoms with Crippen molar-refractivity contribution in [2.24, 2.45) is 5.41 Å². The monoisotopic (exact) mass is 331 g/mol. The molecule has 1 N–H and O–H groups in total. The normalized spacial score (nSPS) is 35.8. The van der Waals surface area contributed by atoms with E-state index in [-0.39, 0.29) is 5.25 Å². The van der Waals surface area contributed by atoms with Crippen molar-refractivity contribution >= 4 is 10.0 Å². The maximum absolute atomic E-state index is 12.8. The third-order valence-corrected chi connectivity index (χ3v) is 7.59. The van der Waals surface area contributed by atoms with Crippen LogP contribution < -0.4 is 5.32 Å². The van der Waals surface area contributed by atoms with Gasteiger partial charge in [-0.25, -0.2) is 8.42 Å². The van der Waals surface area contributed by atoms with Crippen molar-refractivity contribution in [2.75, 3.05) is 59.0 Å². The molecule has 0 amide bonds. The zero-order valence-electron chi connectivity index (χ0n) is 13.6. The molecule has 3 fully saturated rings. The lowest BCUT2D eigenvalue weighted by Crippen LogP contribution is -2.52. The lowest BCUT2D eigenvalue weighted by atomic mass is 9.88. The Labute approximate surface area is 134 Å². The molecule has 3 saturated heterocycles. The fraction of sp³-hybridized carbons (Fsp3) is 1.00. The van der Waals surface area contributed by atoms with Crippen molar-refractivity contribution in [1.29, 1.82) is 0 Å². The first-order valence-electron chi connectivity index (χ1n) is 8.49. The number of sulfonamides is 1. The van der Waals surface area contributed by atoms with Crippen LogP contribution in [0.3, 0.4) is 0 Å². The second kappa shape index (κ2) is 6.73. The number of nitrogens with zero attached hydrogens (tertiary/aromatic N) is 2. The minimum atomic E-state index is -3.18. The van der Waals surface area contributed by atoms with Gasteiger partial charge in [0.15, 0.2) is 0 Å². The summed E-state index contributed by atoms with van der Waals surface area (Å²) in [7, 11) is -3.18. The number of piperidine rings is 1.